The van der Waals surface area contributed by atoms with E-state index < -0.39 is 17.8 Å². The molecule has 0 saturated carbocycles. The highest BCUT2D eigenvalue weighted by molar-refractivity contribution is 6.09. The van der Waals surface area contributed by atoms with Gasteiger partial charge in [-0.15, -0.1) is 5.10 Å². The van der Waals surface area contributed by atoms with Crippen molar-refractivity contribution in [3.8, 4) is 28.3 Å². The Kier molecular flexibility index (Phi) is 20.5. The molecule has 5 N–H and O–H groups in total. The summed E-state index contributed by atoms with van der Waals surface area (Å²) in [5.74, 6) is -1.37. The Balaban J connectivity index is 0.735. The molecular weight excluding hydrogens is 1020 g/mol. The number of carbonyl (C=O) groups is 5. The van der Waals surface area contributed by atoms with Crippen molar-refractivity contribution in [2.45, 2.75) is 85.7 Å². The van der Waals surface area contributed by atoms with Gasteiger partial charge in [0.15, 0.2) is 0 Å². The molecular formula is C61H73N9O10. The van der Waals surface area contributed by atoms with E-state index in [1.165, 1.54) is 6.07 Å². The number of aromatic carboxylic acids is 1. The summed E-state index contributed by atoms with van der Waals surface area (Å²) in [6.07, 6.45) is 5.88. The van der Waals surface area contributed by atoms with Gasteiger partial charge >= 0.3 is 5.97 Å². The average molecular weight is 1090 g/mol. The molecule has 19 heteroatoms. The topological polar surface area (TPSA) is 237 Å². The number of ether oxygens (including phenoxy) is 4. The molecule has 3 aliphatic rings. The maximum absolute atomic E-state index is 14.0. The molecule has 0 radical (unpaired) electrons. The number of hydrogen-bond donors (Lipinski definition) is 5. The number of nitrogens with one attached hydrogen (secondary N) is 4. The molecule has 0 bridgehead atoms. The molecule has 19 nitrogen and oxygen atoms in total. The number of carboxylic acid groups (broad SMARTS) is 1. The number of hydrogen-bond acceptors (Lipinski definition) is 13. The quantitative estimate of drug-likeness (QED) is 0.0314. The molecule has 2 unspecified atom stereocenters. The van der Waals surface area contributed by atoms with Gasteiger partial charge in [0.1, 0.15) is 17.2 Å². The summed E-state index contributed by atoms with van der Waals surface area (Å²) in [5, 5.41) is 31.7. The summed E-state index contributed by atoms with van der Waals surface area (Å²) >= 11 is 0. The number of carboxylic acids is 1. The number of allylic oxidation sites excluding steroid dienone is 3. The van der Waals surface area contributed by atoms with Crippen LogP contribution in [0.2, 0.25) is 0 Å². The Morgan fingerprint density at radius 1 is 0.775 bits per heavy atom. The number of aliphatic imine (C=N–C) groups is 1. The molecule has 1 aliphatic carbocycles. The van der Waals surface area contributed by atoms with Crippen molar-refractivity contribution in [2.75, 3.05) is 82.6 Å². The number of amides is 4. The molecule has 80 heavy (non-hydrogen) atoms. The second-order valence-corrected chi connectivity index (χ2v) is 19.8. The predicted octanol–water partition coefficient (Wildman–Crippen LogP) is 8.02. The van der Waals surface area contributed by atoms with Gasteiger partial charge in [-0.05, 0) is 87.1 Å². The Labute approximate surface area is 467 Å². The van der Waals surface area contributed by atoms with Crippen LogP contribution in [-0.4, -0.2) is 128 Å². The van der Waals surface area contributed by atoms with Crippen LogP contribution in [0.4, 0.5) is 11.4 Å². The summed E-state index contributed by atoms with van der Waals surface area (Å²) in [7, 11) is 0. The van der Waals surface area contributed by atoms with Crippen LogP contribution in [0.5, 0.6) is 5.75 Å². The number of aryl methyl sites for hydroxylation is 2. The van der Waals surface area contributed by atoms with Gasteiger partial charge in [-0.2, -0.15) is 0 Å². The van der Waals surface area contributed by atoms with E-state index in [1.807, 2.05) is 100.0 Å². The van der Waals surface area contributed by atoms with Crippen LogP contribution >= 0.6 is 0 Å². The van der Waals surface area contributed by atoms with Crippen molar-refractivity contribution in [1.82, 2.24) is 30.9 Å². The van der Waals surface area contributed by atoms with Crippen LogP contribution in [-0.2, 0) is 41.7 Å². The van der Waals surface area contributed by atoms with Gasteiger partial charge in [0, 0.05) is 110 Å². The molecule has 4 amide bonds. The Morgan fingerprint density at radius 2 is 1.48 bits per heavy atom. The first-order valence-electron chi connectivity index (χ1n) is 27.7. The van der Waals surface area contributed by atoms with Gasteiger partial charge in [-0.1, -0.05) is 66.7 Å². The molecule has 0 spiro atoms. The van der Waals surface area contributed by atoms with Crippen molar-refractivity contribution in [2.24, 2.45) is 10.9 Å². The normalized spacial score (nSPS) is 15.6. The monoisotopic (exact) mass is 1090 g/mol. The van der Waals surface area contributed by atoms with E-state index in [2.05, 4.69) is 48.7 Å². The molecule has 8 rings (SSSR count). The third-order valence-corrected chi connectivity index (χ3v) is 14.1. The third kappa shape index (κ3) is 14.2. The number of carbonyl (C=O) groups excluding carboxylic acids is 4. The standard InChI is InChI=1S/C61H73N9O10/c1-6-23-64-54(71)18-13-26-70-59-43-15-10-9-14-42(43)38-69(51-17-12-11-16-45(51)58(59)67-68-70)56(73)22-21-55(72)65-24-27-77-29-31-79-32-30-78-28-25-66-60(74)41-19-20-44(46(35-41)61(75)76)57-47-33-39(4)49(62-7-2)36-52(47)80-53-37-50(63-8-3)40(5)34-48(53)57/h9-12,14-17,19-20,33-37,47,57,63H,6-8,13,18,21-32,38H2,1-5H3,(H,64,71)(H,65,72)(H,66,74)(H,75,76)/b62-49-. The first-order chi connectivity index (χ1) is 38.9. The van der Waals surface area contributed by atoms with Crippen LogP contribution in [0.15, 0.2) is 107 Å². The fourth-order valence-electron chi connectivity index (χ4n) is 10.3. The summed E-state index contributed by atoms with van der Waals surface area (Å²) in [5.41, 5.74) is 10.2. The minimum Gasteiger partial charge on any atom is -0.478 e. The van der Waals surface area contributed by atoms with E-state index in [1.54, 1.807) is 17.0 Å². The number of aromatic nitrogens is 3. The second kappa shape index (κ2) is 28.2. The summed E-state index contributed by atoms with van der Waals surface area (Å²) in [4.78, 5) is 71.8. The lowest BCUT2D eigenvalue weighted by Crippen LogP contribution is -2.34. The highest BCUT2D eigenvalue weighted by Gasteiger charge is 2.40. The summed E-state index contributed by atoms with van der Waals surface area (Å²) < 4.78 is 25.3. The zero-order valence-corrected chi connectivity index (χ0v) is 46.4. The van der Waals surface area contributed by atoms with Gasteiger partial charge < -0.3 is 50.2 Å². The summed E-state index contributed by atoms with van der Waals surface area (Å²) in [6.45, 7) is 14.9. The van der Waals surface area contributed by atoms with E-state index >= 15 is 0 Å². The fraction of sp³-hybridized carbons (Fsp3) is 0.410. The predicted molar refractivity (Wildman–Crippen MR) is 306 cm³/mol. The average Bonchev–Trinajstić information content (AvgIpc) is 3.97. The van der Waals surface area contributed by atoms with Crippen molar-refractivity contribution in [3.63, 3.8) is 0 Å². The maximum atomic E-state index is 14.0. The van der Waals surface area contributed by atoms with Gasteiger partial charge in [-0.25, -0.2) is 9.48 Å². The first-order valence-corrected chi connectivity index (χ1v) is 27.7. The minimum absolute atomic E-state index is 0.00318. The number of anilines is 2. The Hall–Kier alpha value is -8.00. The van der Waals surface area contributed by atoms with Crippen LogP contribution in [0.3, 0.4) is 0 Å². The zero-order valence-electron chi connectivity index (χ0n) is 46.4. The van der Waals surface area contributed by atoms with Gasteiger partial charge in [0.05, 0.1) is 68.8 Å². The Bertz CT molecular complexity index is 3150. The first kappa shape index (κ1) is 58.2. The van der Waals surface area contributed by atoms with E-state index in [0.717, 1.165) is 63.4 Å². The van der Waals surface area contributed by atoms with Crippen molar-refractivity contribution in [3.05, 3.63) is 136 Å². The van der Waals surface area contributed by atoms with Crippen molar-refractivity contribution in [1.29, 1.82) is 0 Å². The molecule has 1 aromatic heterocycles. The van der Waals surface area contributed by atoms with Gasteiger partial charge in [-0.3, -0.25) is 24.2 Å². The second-order valence-electron chi connectivity index (χ2n) is 19.8. The number of nitrogens with zero attached hydrogens (tertiary/aromatic N) is 5. The molecule has 2 aliphatic heterocycles. The number of benzene rings is 4. The number of rotatable bonds is 27. The van der Waals surface area contributed by atoms with Gasteiger partial charge in [0.25, 0.3) is 5.91 Å². The lowest BCUT2D eigenvalue weighted by molar-refractivity contribution is -0.125. The lowest BCUT2D eigenvalue weighted by atomic mass is 9.73. The summed E-state index contributed by atoms with van der Waals surface area (Å²) in [6, 6.07) is 24.3. The fourth-order valence-corrected chi connectivity index (χ4v) is 10.3. The highest BCUT2D eigenvalue weighted by Crippen LogP contribution is 2.50. The van der Waals surface area contributed by atoms with Crippen LogP contribution < -0.4 is 30.9 Å². The number of fused-ring (bicyclic) bond motifs is 7. The van der Waals surface area contributed by atoms with Crippen LogP contribution in [0.25, 0.3) is 22.5 Å². The molecule has 0 fully saturated rings. The number of para-hydroxylation sites is 1. The Morgan fingerprint density at radius 3 is 2.21 bits per heavy atom. The van der Waals surface area contributed by atoms with Crippen molar-refractivity contribution < 1.29 is 48.0 Å². The van der Waals surface area contributed by atoms with E-state index in [4.69, 9.17) is 18.9 Å². The molecule has 4 aromatic carbocycles. The van der Waals surface area contributed by atoms with Crippen molar-refractivity contribution >= 4 is 46.7 Å². The zero-order chi connectivity index (χ0) is 56.5. The molecule has 5 aromatic rings. The molecule has 3 heterocycles. The molecule has 2 atom stereocenters. The van der Waals surface area contributed by atoms with E-state index in [-0.39, 0.29) is 87.1 Å². The molecule has 422 valence electrons. The smallest absolute Gasteiger partial charge is 0.336 e. The molecule has 0 saturated heterocycles. The van der Waals surface area contributed by atoms with Crippen LogP contribution in [0.1, 0.15) is 109 Å². The third-order valence-electron chi connectivity index (χ3n) is 14.1. The lowest BCUT2D eigenvalue weighted by Gasteiger charge is -2.37. The van der Waals surface area contributed by atoms with E-state index in [0.29, 0.717) is 80.8 Å². The van der Waals surface area contributed by atoms with Gasteiger partial charge in [0.2, 0.25) is 17.7 Å². The highest BCUT2D eigenvalue weighted by atomic mass is 16.5. The SMILES string of the molecule is CCCNC(=O)CCCn1nnc2c1-c1ccccc1CN(C(=O)CCC(=O)NCCOCCOCCOCCNC(=O)c1ccc(C3c4cc(C)c(NCC)cc4OC4=C/C(=N/CC)C(C)=CC43)c(C(=O)O)c1)c1ccccc1-2. The largest absolute Gasteiger partial charge is 0.478 e. The minimum atomic E-state index is -1.14. The van der Waals surface area contributed by atoms with E-state index in [9.17, 15) is 29.1 Å². The van der Waals surface area contributed by atoms with Crippen LogP contribution in [0, 0.1) is 12.8 Å². The maximum Gasteiger partial charge on any atom is 0.336 e.